The minimum absolute atomic E-state index is 0.00628. The Morgan fingerprint density at radius 2 is 0.960 bits per heavy atom. The van der Waals surface area contributed by atoms with Gasteiger partial charge in [0.1, 0.15) is 24.4 Å². The van der Waals surface area contributed by atoms with Crippen molar-refractivity contribution < 1.29 is 49.3 Å². The highest BCUT2D eigenvalue weighted by Gasteiger charge is 2.47. The molecule has 8 unspecified atom stereocenters. The molecule has 0 saturated carbocycles. The molecule has 0 spiro atoms. The van der Waals surface area contributed by atoms with Crippen molar-refractivity contribution in [3.8, 4) is 0 Å². The van der Waals surface area contributed by atoms with Crippen molar-refractivity contribution in [1.82, 2.24) is 5.32 Å². The second kappa shape index (κ2) is 51.3. The molecule has 1 amide bonds. The molecule has 1 aliphatic rings. The van der Waals surface area contributed by atoms with E-state index >= 15 is 0 Å². The molecule has 0 aromatic rings. The molecule has 0 aromatic carbocycles. The van der Waals surface area contributed by atoms with Crippen molar-refractivity contribution in [1.29, 1.82) is 0 Å². The Hall–Kier alpha value is -3.42. The smallest absolute Gasteiger partial charge is 0.306 e. The molecule has 11 heteroatoms. The Balaban J connectivity index is 2.74. The van der Waals surface area contributed by atoms with E-state index in [1.165, 1.54) is 83.5 Å². The third-order valence-electron chi connectivity index (χ3n) is 13.5. The standard InChI is InChI=1S/C64H109NO10/c1-4-7-10-13-16-19-22-24-26-28-29-30-32-34-37-40-43-46-49-52-59(69)75-62-61(71)60(70)58(53-66)74-64(62)73-54-55(56(67)50-47-44-41-38-35-21-18-15-12-9-6-3)65-63(72)57(68)51-48-45-42-39-36-33-31-27-25-23-20-17-14-11-8-5-2/h7,10,16,19,24-27,29-30,34,37,43,46-47,50,55-58,60-62,64,66-68,70-71H,4-6,8-9,11-15,17-18,20-23,28,31-33,35-36,38-42,44-45,48-49,51-54H2,1-3H3,(H,65,72)/b10-7-,19-16-,26-24-,27-25+,30-29-,37-34-,46-43-,50-47+. The van der Waals surface area contributed by atoms with E-state index in [-0.39, 0.29) is 19.4 Å². The molecule has 8 atom stereocenters. The molecule has 11 nitrogen and oxygen atoms in total. The highest BCUT2D eigenvalue weighted by atomic mass is 16.7. The second-order valence-electron chi connectivity index (χ2n) is 20.3. The van der Waals surface area contributed by atoms with E-state index in [1.54, 1.807) is 6.08 Å². The van der Waals surface area contributed by atoms with Crippen molar-refractivity contribution in [2.24, 2.45) is 0 Å². The first-order chi connectivity index (χ1) is 36.7. The number of hydrogen-bond donors (Lipinski definition) is 6. The van der Waals surface area contributed by atoms with Gasteiger partial charge in [-0.15, -0.1) is 0 Å². The van der Waals surface area contributed by atoms with Gasteiger partial charge >= 0.3 is 5.97 Å². The van der Waals surface area contributed by atoms with Crippen LogP contribution in [-0.4, -0.2) is 99.6 Å². The van der Waals surface area contributed by atoms with Crippen molar-refractivity contribution in [3.63, 3.8) is 0 Å². The van der Waals surface area contributed by atoms with Gasteiger partial charge in [0.05, 0.1) is 25.4 Å². The van der Waals surface area contributed by atoms with Crippen LogP contribution < -0.4 is 5.32 Å². The maximum atomic E-state index is 13.4. The monoisotopic (exact) mass is 1050 g/mol. The van der Waals surface area contributed by atoms with Crippen LogP contribution in [0.1, 0.15) is 233 Å². The highest BCUT2D eigenvalue weighted by molar-refractivity contribution is 5.80. The summed E-state index contributed by atoms with van der Waals surface area (Å²) in [6.07, 6.45) is 57.4. The molecular formula is C64H109NO10. The first kappa shape index (κ1) is 69.6. The van der Waals surface area contributed by atoms with Crippen molar-refractivity contribution in [2.45, 2.75) is 282 Å². The van der Waals surface area contributed by atoms with Crippen molar-refractivity contribution in [3.05, 3.63) is 97.2 Å². The third-order valence-corrected chi connectivity index (χ3v) is 13.5. The van der Waals surface area contributed by atoms with E-state index in [0.29, 0.717) is 19.3 Å². The van der Waals surface area contributed by atoms with Gasteiger partial charge in [0, 0.05) is 6.42 Å². The number of amides is 1. The summed E-state index contributed by atoms with van der Waals surface area (Å²) in [4.78, 5) is 26.5. The predicted molar refractivity (Wildman–Crippen MR) is 310 cm³/mol. The normalized spacial score (nSPS) is 19.9. The number of hydrogen-bond acceptors (Lipinski definition) is 10. The van der Waals surface area contributed by atoms with Gasteiger partial charge in [0.2, 0.25) is 5.91 Å². The summed E-state index contributed by atoms with van der Waals surface area (Å²) in [5.74, 6) is -1.29. The average molecular weight is 1050 g/mol. The number of allylic oxidation sites excluding steroid dienone is 15. The van der Waals surface area contributed by atoms with Crippen LogP contribution in [0.15, 0.2) is 97.2 Å². The molecule has 1 saturated heterocycles. The van der Waals surface area contributed by atoms with E-state index in [2.05, 4.69) is 99.0 Å². The molecule has 1 aliphatic heterocycles. The molecule has 75 heavy (non-hydrogen) atoms. The molecule has 1 fully saturated rings. The first-order valence-electron chi connectivity index (χ1n) is 30.0. The number of nitrogens with one attached hydrogen (secondary N) is 1. The molecule has 1 heterocycles. The van der Waals surface area contributed by atoms with Crippen LogP contribution in [0.5, 0.6) is 0 Å². The maximum absolute atomic E-state index is 13.4. The van der Waals surface area contributed by atoms with Gasteiger partial charge in [0.25, 0.3) is 0 Å². The number of ether oxygens (including phenoxy) is 3. The molecule has 0 radical (unpaired) electrons. The lowest BCUT2D eigenvalue weighted by molar-refractivity contribution is -0.305. The summed E-state index contributed by atoms with van der Waals surface area (Å²) in [7, 11) is 0. The Morgan fingerprint density at radius 3 is 1.44 bits per heavy atom. The molecule has 1 rings (SSSR count). The second-order valence-corrected chi connectivity index (χ2v) is 20.3. The zero-order chi connectivity index (χ0) is 54.7. The van der Waals surface area contributed by atoms with Crippen LogP contribution in [0.3, 0.4) is 0 Å². The predicted octanol–water partition coefficient (Wildman–Crippen LogP) is 13.9. The zero-order valence-electron chi connectivity index (χ0n) is 47.4. The van der Waals surface area contributed by atoms with Crippen molar-refractivity contribution in [2.75, 3.05) is 13.2 Å². The molecule has 0 aliphatic carbocycles. The Kier molecular flexibility index (Phi) is 47.6. The minimum atomic E-state index is -1.65. The fourth-order valence-corrected chi connectivity index (χ4v) is 8.73. The van der Waals surface area contributed by atoms with Crippen LogP contribution in [0.2, 0.25) is 0 Å². The SMILES string of the molecule is CC/C=C\C/C=C\C/C=C\C/C=C\C/C=C\C/C=C\CCC(=O)OC1C(OCC(NC(=O)C(O)CCCCCCCC/C=C/CCCCCCCC)C(O)/C=C/CCCCCCCCCCC)OC(CO)C(O)C1O. The Bertz CT molecular complexity index is 1580. The Morgan fingerprint density at radius 1 is 0.533 bits per heavy atom. The maximum Gasteiger partial charge on any atom is 0.306 e. The number of carbonyl (C=O) groups is 2. The van der Waals surface area contributed by atoms with Gasteiger partial charge in [-0.2, -0.15) is 0 Å². The lowest BCUT2D eigenvalue weighted by Gasteiger charge is -2.41. The molecular weight excluding hydrogens is 943 g/mol. The number of unbranched alkanes of at least 4 members (excludes halogenated alkanes) is 21. The summed E-state index contributed by atoms with van der Waals surface area (Å²) < 4.78 is 17.5. The van der Waals surface area contributed by atoms with Gasteiger partial charge in [-0.05, 0) is 89.9 Å². The van der Waals surface area contributed by atoms with Gasteiger partial charge in [-0.3, -0.25) is 9.59 Å². The van der Waals surface area contributed by atoms with Crippen LogP contribution in [0, 0.1) is 0 Å². The summed E-state index contributed by atoms with van der Waals surface area (Å²) in [5.41, 5.74) is 0. The van der Waals surface area contributed by atoms with E-state index in [1.807, 2.05) is 18.2 Å². The minimum Gasteiger partial charge on any atom is -0.454 e. The summed E-state index contributed by atoms with van der Waals surface area (Å²) in [6.45, 7) is 5.61. The Labute approximate surface area is 456 Å². The number of aliphatic hydroxyl groups is 5. The van der Waals surface area contributed by atoms with Gasteiger partial charge < -0.3 is 45.1 Å². The molecule has 0 aromatic heterocycles. The first-order valence-corrected chi connectivity index (χ1v) is 30.0. The van der Waals surface area contributed by atoms with Crippen LogP contribution in [0.4, 0.5) is 0 Å². The quantitative estimate of drug-likeness (QED) is 0.0195. The summed E-state index contributed by atoms with van der Waals surface area (Å²) in [5, 5.41) is 56.8. The highest BCUT2D eigenvalue weighted by Crippen LogP contribution is 2.26. The largest absolute Gasteiger partial charge is 0.454 e. The number of aliphatic hydroxyl groups excluding tert-OH is 5. The number of carbonyl (C=O) groups excluding carboxylic acids is 2. The topological polar surface area (TPSA) is 175 Å². The molecule has 6 N–H and O–H groups in total. The summed E-state index contributed by atoms with van der Waals surface area (Å²) >= 11 is 0. The lowest BCUT2D eigenvalue weighted by Crippen LogP contribution is -2.61. The fourth-order valence-electron chi connectivity index (χ4n) is 8.73. The zero-order valence-corrected chi connectivity index (χ0v) is 47.4. The lowest BCUT2D eigenvalue weighted by atomic mass is 9.99. The van der Waals surface area contributed by atoms with E-state index in [9.17, 15) is 35.1 Å². The van der Waals surface area contributed by atoms with Crippen LogP contribution in [0.25, 0.3) is 0 Å². The van der Waals surface area contributed by atoms with E-state index in [4.69, 9.17) is 14.2 Å². The third kappa shape index (κ3) is 39.6. The molecule has 430 valence electrons. The van der Waals surface area contributed by atoms with Crippen LogP contribution >= 0.6 is 0 Å². The number of rotatable bonds is 49. The van der Waals surface area contributed by atoms with Gasteiger partial charge in [0.15, 0.2) is 12.4 Å². The van der Waals surface area contributed by atoms with Crippen LogP contribution in [-0.2, 0) is 23.8 Å². The van der Waals surface area contributed by atoms with Crippen molar-refractivity contribution >= 4 is 11.9 Å². The van der Waals surface area contributed by atoms with Gasteiger partial charge in [-0.25, -0.2) is 0 Å². The summed E-state index contributed by atoms with van der Waals surface area (Å²) in [6, 6.07) is -1.05. The molecule has 0 bridgehead atoms. The van der Waals surface area contributed by atoms with E-state index in [0.717, 1.165) is 96.3 Å². The fraction of sp³-hybridized carbons (Fsp3) is 0.719. The van der Waals surface area contributed by atoms with E-state index < -0.39 is 67.4 Å². The average Bonchev–Trinajstić information content (AvgIpc) is 3.41. The van der Waals surface area contributed by atoms with Gasteiger partial charge in [-0.1, -0.05) is 234 Å². The number of esters is 1.